The van der Waals surface area contributed by atoms with Gasteiger partial charge in [-0.15, -0.1) is 0 Å². The van der Waals surface area contributed by atoms with Crippen molar-refractivity contribution in [2.24, 2.45) is 11.8 Å². The first-order valence-electron chi connectivity index (χ1n) is 6.64. The number of hydrogen-bond acceptors (Lipinski definition) is 2. The quantitative estimate of drug-likeness (QED) is 0.831. The van der Waals surface area contributed by atoms with Crippen LogP contribution >= 0.6 is 15.9 Å². The summed E-state index contributed by atoms with van der Waals surface area (Å²) in [4.78, 5) is 14.6. The number of hydrogen-bond donors (Lipinski definition) is 0. The predicted octanol–water partition coefficient (Wildman–Crippen LogP) is 3.58. The lowest BCUT2D eigenvalue weighted by atomic mass is 9.91. The Bertz CT molecular complexity index is 465. The van der Waals surface area contributed by atoms with Gasteiger partial charge in [-0.2, -0.15) is 0 Å². The third-order valence-electron chi connectivity index (χ3n) is 3.56. The van der Waals surface area contributed by atoms with Gasteiger partial charge in [0.1, 0.15) is 5.75 Å². The molecule has 1 amide bonds. The Hall–Kier alpha value is -1.03. The van der Waals surface area contributed by atoms with Gasteiger partial charge in [-0.3, -0.25) is 4.79 Å². The summed E-state index contributed by atoms with van der Waals surface area (Å²) in [5.74, 6) is 1.93. The fourth-order valence-corrected chi connectivity index (χ4v) is 3.21. The maximum absolute atomic E-state index is 12.6. The lowest BCUT2D eigenvalue weighted by molar-refractivity contribution is 0.0622. The second-order valence-corrected chi connectivity index (χ2v) is 6.36. The number of rotatable bonds is 2. The highest BCUT2D eigenvalue weighted by Gasteiger charge is 2.27. The van der Waals surface area contributed by atoms with Crippen LogP contribution < -0.4 is 4.74 Å². The van der Waals surface area contributed by atoms with E-state index in [0.29, 0.717) is 23.1 Å². The Morgan fingerprint density at radius 3 is 2.53 bits per heavy atom. The fourth-order valence-electron chi connectivity index (χ4n) is 2.79. The number of benzene rings is 1. The molecule has 0 spiro atoms. The molecule has 0 aliphatic carbocycles. The molecule has 2 unspecified atom stereocenters. The Morgan fingerprint density at radius 1 is 1.32 bits per heavy atom. The average Bonchev–Trinajstić information content (AvgIpc) is 2.37. The smallest absolute Gasteiger partial charge is 0.255 e. The highest BCUT2D eigenvalue weighted by Crippen LogP contribution is 2.27. The molecule has 1 fully saturated rings. The van der Waals surface area contributed by atoms with Gasteiger partial charge < -0.3 is 9.64 Å². The Balaban J connectivity index is 2.23. The van der Waals surface area contributed by atoms with E-state index in [4.69, 9.17) is 4.74 Å². The molecule has 0 saturated carbocycles. The Morgan fingerprint density at radius 2 is 1.95 bits per heavy atom. The van der Waals surface area contributed by atoms with Gasteiger partial charge in [0.2, 0.25) is 0 Å². The van der Waals surface area contributed by atoms with Gasteiger partial charge >= 0.3 is 0 Å². The van der Waals surface area contributed by atoms with Crippen molar-refractivity contribution in [2.45, 2.75) is 20.3 Å². The topological polar surface area (TPSA) is 29.5 Å². The van der Waals surface area contributed by atoms with Crippen LogP contribution in [0.2, 0.25) is 0 Å². The van der Waals surface area contributed by atoms with Crippen LogP contribution in [0.3, 0.4) is 0 Å². The number of methoxy groups -OCH3 is 1. The van der Waals surface area contributed by atoms with Crippen molar-refractivity contribution in [3.63, 3.8) is 0 Å². The minimum absolute atomic E-state index is 0.0872. The molecule has 0 bridgehead atoms. The van der Waals surface area contributed by atoms with Gasteiger partial charge in [-0.1, -0.05) is 13.8 Å². The fraction of sp³-hybridized carbons (Fsp3) is 0.533. The number of halogens is 1. The van der Waals surface area contributed by atoms with E-state index in [1.165, 1.54) is 6.42 Å². The van der Waals surface area contributed by atoms with Gasteiger partial charge in [0.25, 0.3) is 5.91 Å². The number of piperidine rings is 1. The van der Waals surface area contributed by atoms with Gasteiger partial charge in [0.15, 0.2) is 0 Å². The highest BCUT2D eigenvalue weighted by atomic mass is 79.9. The van der Waals surface area contributed by atoms with E-state index in [1.54, 1.807) is 13.2 Å². The van der Waals surface area contributed by atoms with Gasteiger partial charge in [-0.05, 0) is 52.4 Å². The van der Waals surface area contributed by atoms with Gasteiger partial charge in [0.05, 0.1) is 12.7 Å². The van der Waals surface area contributed by atoms with Crippen LogP contribution in [0.1, 0.15) is 30.6 Å². The number of ether oxygens (including phenoxy) is 1. The summed E-state index contributed by atoms with van der Waals surface area (Å²) in [6, 6.07) is 5.52. The lowest BCUT2D eigenvalue weighted by Crippen LogP contribution is -2.42. The SMILES string of the molecule is COc1ccc(Br)c(C(=O)N2CC(C)CC(C)C2)c1. The Labute approximate surface area is 123 Å². The summed E-state index contributed by atoms with van der Waals surface area (Å²) in [6.07, 6.45) is 1.20. The van der Waals surface area contributed by atoms with E-state index >= 15 is 0 Å². The molecule has 1 heterocycles. The summed E-state index contributed by atoms with van der Waals surface area (Å²) < 4.78 is 6.02. The molecule has 2 atom stereocenters. The second-order valence-electron chi connectivity index (χ2n) is 5.50. The van der Waals surface area contributed by atoms with Crippen molar-refractivity contribution in [1.29, 1.82) is 0 Å². The number of amides is 1. The van der Waals surface area contributed by atoms with Crippen molar-refractivity contribution in [3.05, 3.63) is 28.2 Å². The van der Waals surface area contributed by atoms with Crippen LogP contribution in [0.4, 0.5) is 0 Å². The van der Waals surface area contributed by atoms with Crippen molar-refractivity contribution in [2.75, 3.05) is 20.2 Å². The minimum Gasteiger partial charge on any atom is -0.497 e. The maximum Gasteiger partial charge on any atom is 0.255 e. The second kappa shape index (κ2) is 5.95. The van der Waals surface area contributed by atoms with E-state index in [9.17, 15) is 4.79 Å². The molecule has 19 heavy (non-hydrogen) atoms. The molecular formula is C15H20BrNO2. The van der Waals surface area contributed by atoms with Crippen LogP contribution in [-0.4, -0.2) is 31.0 Å². The van der Waals surface area contributed by atoms with Crippen LogP contribution in [0.5, 0.6) is 5.75 Å². The van der Waals surface area contributed by atoms with Crippen molar-refractivity contribution >= 4 is 21.8 Å². The van der Waals surface area contributed by atoms with Gasteiger partial charge in [0, 0.05) is 17.6 Å². The summed E-state index contributed by atoms with van der Waals surface area (Å²) in [6.45, 7) is 6.09. The largest absolute Gasteiger partial charge is 0.497 e. The lowest BCUT2D eigenvalue weighted by Gasteiger charge is -2.35. The molecule has 0 N–H and O–H groups in total. The van der Waals surface area contributed by atoms with Crippen LogP contribution in [-0.2, 0) is 0 Å². The standard InChI is InChI=1S/C15H20BrNO2/c1-10-6-11(2)9-17(8-10)15(18)13-7-12(19-3)4-5-14(13)16/h4-5,7,10-11H,6,8-9H2,1-3H3. The zero-order chi connectivity index (χ0) is 14.0. The predicted molar refractivity (Wildman–Crippen MR) is 79.5 cm³/mol. The third kappa shape index (κ3) is 3.30. The molecule has 3 nitrogen and oxygen atoms in total. The molecule has 0 radical (unpaired) electrons. The van der Waals surface area contributed by atoms with Crippen molar-refractivity contribution in [1.82, 2.24) is 4.90 Å². The molecule has 104 valence electrons. The maximum atomic E-state index is 12.6. The highest BCUT2D eigenvalue weighted by molar-refractivity contribution is 9.10. The Kier molecular flexibility index (Phi) is 4.50. The summed E-state index contributed by atoms with van der Waals surface area (Å²) in [7, 11) is 1.61. The third-order valence-corrected chi connectivity index (χ3v) is 4.25. The van der Waals surface area contributed by atoms with E-state index in [1.807, 2.05) is 17.0 Å². The van der Waals surface area contributed by atoms with E-state index in [2.05, 4.69) is 29.8 Å². The van der Waals surface area contributed by atoms with Crippen LogP contribution in [0, 0.1) is 11.8 Å². The monoisotopic (exact) mass is 325 g/mol. The molecular weight excluding hydrogens is 306 g/mol. The average molecular weight is 326 g/mol. The van der Waals surface area contributed by atoms with Gasteiger partial charge in [-0.25, -0.2) is 0 Å². The molecule has 4 heteroatoms. The molecule has 1 aliphatic rings. The molecule has 1 aliphatic heterocycles. The van der Waals surface area contributed by atoms with Crippen molar-refractivity contribution < 1.29 is 9.53 Å². The summed E-state index contributed by atoms with van der Waals surface area (Å²) >= 11 is 3.45. The normalized spacial score (nSPS) is 23.3. The molecule has 1 aromatic carbocycles. The molecule has 1 aromatic rings. The van der Waals surface area contributed by atoms with E-state index < -0.39 is 0 Å². The first-order chi connectivity index (χ1) is 9.01. The van der Waals surface area contributed by atoms with Crippen molar-refractivity contribution in [3.8, 4) is 5.75 Å². The summed E-state index contributed by atoms with van der Waals surface area (Å²) in [5.41, 5.74) is 0.681. The minimum atomic E-state index is 0.0872. The first kappa shape index (κ1) is 14.4. The van der Waals surface area contributed by atoms with Crippen LogP contribution in [0.25, 0.3) is 0 Å². The summed E-state index contributed by atoms with van der Waals surface area (Å²) in [5, 5.41) is 0. The number of carbonyl (C=O) groups is 1. The van der Waals surface area contributed by atoms with E-state index in [0.717, 1.165) is 17.6 Å². The zero-order valence-corrected chi connectivity index (χ0v) is 13.2. The number of likely N-dealkylation sites (tertiary alicyclic amines) is 1. The molecule has 0 aromatic heterocycles. The molecule has 1 saturated heterocycles. The number of nitrogens with zero attached hydrogens (tertiary/aromatic N) is 1. The van der Waals surface area contributed by atoms with E-state index in [-0.39, 0.29) is 5.91 Å². The number of carbonyl (C=O) groups excluding carboxylic acids is 1. The zero-order valence-electron chi connectivity index (χ0n) is 11.6. The van der Waals surface area contributed by atoms with Crippen LogP contribution in [0.15, 0.2) is 22.7 Å². The molecule has 2 rings (SSSR count). The first-order valence-corrected chi connectivity index (χ1v) is 7.43.